The third kappa shape index (κ3) is 3.85. The molecule has 3 aliphatic carbocycles. The second-order valence-electron chi connectivity index (χ2n) is 12.8. The van der Waals surface area contributed by atoms with Gasteiger partial charge in [-0.25, -0.2) is 14.8 Å². The number of hydrogen-bond donors (Lipinski definition) is 1. The van der Waals surface area contributed by atoms with Gasteiger partial charge in [0.15, 0.2) is 0 Å². The van der Waals surface area contributed by atoms with Crippen LogP contribution in [0.15, 0.2) is 29.8 Å². The number of Topliss-reactive ketones (excluding diaryl/α,β-unsaturated/α-hetero) is 1. The van der Waals surface area contributed by atoms with Gasteiger partial charge in [-0.15, -0.1) is 6.58 Å². The van der Waals surface area contributed by atoms with E-state index >= 15 is 0 Å². The first-order valence-electron chi connectivity index (χ1n) is 14.3. The van der Waals surface area contributed by atoms with E-state index in [2.05, 4.69) is 37.3 Å². The van der Waals surface area contributed by atoms with Crippen LogP contribution in [0.5, 0.6) is 0 Å². The van der Waals surface area contributed by atoms with Crippen LogP contribution in [0, 0.1) is 40.9 Å². The van der Waals surface area contributed by atoms with E-state index in [4.69, 9.17) is 4.74 Å². The van der Waals surface area contributed by atoms with Crippen LogP contribution in [0.3, 0.4) is 0 Å². The fourth-order valence-electron chi connectivity index (χ4n) is 8.34. The van der Waals surface area contributed by atoms with Gasteiger partial charge in [0.2, 0.25) is 5.43 Å². The lowest BCUT2D eigenvalue weighted by Gasteiger charge is -2.61. The van der Waals surface area contributed by atoms with Crippen molar-refractivity contribution in [3.63, 3.8) is 0 Å². The van der Waals surface area contributed by atoms with Crippen molar-refractivity contribution in [1.29, 1.82) is 0 Å². The third-order valence-electron chi connectivity index (χ3n) is 11.0. The molecule has 2 aromatic rings. The molecule has 5 rings (SSSR count). The van der Waals surface area contributed by atoms with Crippen molar-refractivity contribution in [3.8, 4) is 0 Å². The molecule has 1 N–H and O–H groups in total. The van der Waals surface area contributed by atoms with Crippen LogP contribution in [0.1, 0.15) is 82.9 Å². The summed E-state index contributed by atoms with van der Waals surface area (Å²) >= 11 is 0. The number of nitrogens with zero attached hydrogens (tertiary/aromatic N) is 3. The Kier molecular flexibility index (Phi) is 6.64. The Morgan fingerprint density at radius 2 is 2.00 bits per heavy atom. The molecule has 0 aliphatic heterocycles. The second-order valence-corrected chi connectivity index (χ2v) is 12.8. The molecule has 2 bridgehead atoms. The molecule has 8 nitrogen and oxygen atoms in total. The number of aliphatic hydroxyl groups is 1. The monoisotopic (exact) mass is 535 g/mol. The molecule has 2 aromatic heterocycles. The molecule has 8 heteroatoms. The molecule has 3 fully saturated rings. The molecule has 3 saturated carbocycles. The number of pyridine rings is 1. The Balaban J connectivity index is 1.65. The molecule has 0 aromatic carbocycles. The number of ketones is 1. The Hall–Kier alpha value is -2.87. The Morgan fingerprint density at radius 3 is 2.67 bits per heavy atom. The van der Waals surface area contributed by atoms with Gasteiger partial charge in [-0.05, 0) is 56.8 Å². The van der Waals surface area contributed by atoms with Crippen molar-refractivity contribution in [2.45, 2.75) is 92.4 Å². The number of aryl methyl sites for hydroxylation is 2. The number of aliphatic hydroxyl groups excluding tert-OH is 1. The van der Waals surface area contributed by atoms with Crippen molar-refractivity contribution in [2.24, 2.45) is 34.0 Å². The first-order valence-corrected chi connectivity index (χ1v) is 14.3. The van der Waals surface area contributed by atoms with Gasteiger partial charge in [0, 0.05) is 42.1 Å². The average Bonchev–Trinajstić information content (AvgIpc) is 3.27. The Morgan fingerprint density at radius 1 is 1.28 bits per heavy atom. The van der Waals surface area contributed by atoms with Crippen molar-refractivity contribution < 1.29 is 19.4 Å². The first kappa shape index (κ1) is 27.7. The zero-order chi connectivity index (χ0) is 28.5. The molecule has 39 heavy (non-hydrogen) atoms. The highest BCUT2D eigenvalue weighted by Gasteiger charge is 2.68. The van der Waals surface area contributed by atoms with Crippen LogP contribution < -0.4 is 5.43 Å². The van der Waals surface area contributed by atoms with Crippen molar-refractivity contribution >= 4 is 22.8 Å². The molecule has 0 saturated heterocycles. The van der Waals surface area contributed by atoms with Gasteiger partial charge in [-0.1, -0.05) is 33.8 Å². The van der Waals surface area contributed by atoms with Gasteiger partial charge in [0.05, 0.1) is 11.5 Å². The summed E-state index contributed by atoms with van der Waals surface area (Å²) in [6.45, 7) is 16.5. The number of carbonyl (C=O) groups is 2. The van der Waals surface area contributed by atoms with Gasteiger partial charge in [-0.2, -0.15) is 0 Å². The summed E-state index contributed by atoms with van der Waals surface area (Å²) in [5, 5.41) is 12.0. The highest BCUT2D eigenvalue weighted by atomic mass is 16.5. The smallest absolute Gasteiger partial charge is 0.343 e. The Labute approximate surface area is 229 Å². The lowest BCUT2D eigenvalue weighted by Crippen LogP contribution is -2.63. The molecule has 210 valence electrons. The molecular weight excluding hydrogens is 494 g/mol. The molecule has 0 amide bonds. The first-order chi connectivity index (χ1) is 18.3. The van der Waals surface area contributed by atoms with E-state index in [0.29, 0.717) is 30.9 Å². The Bertz CT molecular complexity index is 1420. The van der Waals surface area contributed by atoms with Crippen molar-refractivity contribution in [1.82, 2.24) is 14.5 Å². The SMILES string of the molecule is C=C[C@]1(C)C[C@@H](OC(=O)c2cn(CC)c3nc(C)ncc3c2=O)[C@@]2(C)C3C(=O)CC[C@@]3(CC[C@H]2C)[C@@H](C)[C@@H]1O. The summed E-state index contributed by atoms with van der Waals surface area (Å²) in [5.74, 6) is -0.328. The number of esters is 1. The number of rotatable bonds is 4. The average molecular weight is 536 g/mol. The fourth-order valence-corrected chi connectivity index (χ4v) is 8.34. The predicted molar refractivity (Wildman–Crippen MR) is 148 cm³/mol. The normalized spacial score (nSPS) is 38.1. The van der Waals surface area contributed by atoms with Crippen molar-refractivity contribution in [3.05, 3.63) is 46.7 Å². The summed E-state index contributed by atoms with van der Waals surface area (Å²) in [6, 6.07) is 0. The van der Waals surface area contributed by atoms with Gasteiger partial charge in [0.1, 0.15) is 28.9 Å². The van der Waals surface area contributed by atoms with Crippen LogP contribution >= 0.6 is 0 Å². The zero-order valence-corrected chi connectivity index (χ0v) is 24.0. The largest absolute Gasteiger partial charge is 0.458 e. The topological polar surface area (TPSA) is 111 Å². The zero-order valence-electron chi connectivity index (χ0n) is 24.0. The van der Waals surface area contributed by atoms with Crippen LogP contribution in [0.25, 0.3) is 11.0 Å². The van der Waals surface area contributed by atoms with Crippen LogP contribution in [0.4, 0.5) is 0 Å². The molecule has 0 spiro atoms. The lowest BCUT2D eigenvalue weighted by molar-refractivity contribution is -0.192. The van der Waals surface area contributed by atoms with Crippen LogP contribution in [0.2, 0.25) is 0 Å². The maximum atomic E-state index is 13.9. The number of aromatic nitrogens is 3. The minimum Gasteiger partial charge on any atom is -0.458 e. The number of hydrogen-bond acceptors (Lipinski definition) is 7. The molecule has 2 heterocycles. The van der Waals surface area contributed by atoms with E-state index < -0.39 is 34.4 Å². The van der Waals surface area contributed by atoms with Gasteiger partial charge < -0.3 is 14.4 Å². The molecule has 0 radical (unpaired) electrons. The molecule has 3 aliphatic rings. The van der Waals surface area contributed by atoms with Gasteiger partial charge in [-0.3, -0.25) is 9.59 Å². The van der Waals surface area contributed by atoms with E-state index in [1.165, 1.54) is 12.4 Å². The van der Waals surface area contributed by atoms with Gasteiger partial charge >= 0.3 is 5.97 Å². The van der Waals surface area contributed by atoms with E-state index in [0.717, 1.165) is 19.3 Å². The summed E-state index contributed by atoms with van der Waals surface area (Å²) in [4.78, 5) is 49.6. The maximum Gasteiger partial charge on any atom is 0.343 e. The van der Waals surface area contributed by atoms with Crippen LogP contribution in [-0.2, 0) is 16.1 Å². The lowest BCUT2D eigenvalue weighted by atomic mass is 9.44. The highest BCUT2D eigenvalue weighted by molar-refractivity contribution is 5.93. The fraction of sp³-hybridized carbons (Fsp3) is 0.645. The standard InChI is InChI=1S/C31H41N3O5/c1-8-29(6)14-23(30(7)17(3)10-12-31(18(4)26(29)37)13-11-22(35)25(30)31)39-28(38)21-16-34(9-2)27-20(24(21)36)15-32-19(5)33-27/h8,15-18,23,25-26,37H,1,9-14H2,2-7H3/t17-,18+,23-,25?,26+,29-,30+,31+/m1/s1. The summed E-state index contributed by atoms with van der Waals surface area (Å²) < 4.78 is 8.11. The summed E-state index contributed by atoms with van der Waals surface area (Å²) in [5.41, 5.74) is -1.84. The minimum absolute atomic E-state index is 0.0795. The highest BCUT2D eigenvalue weighted by Crippen LogP contribution is 2.68. The summed E-state index contributed by atoms with van der Waals surface area (Å²) in [7, 11) is 0. The molecule has 8 atom stereocenters. The maximum absolute atomic E-state index is 13.9. The van der Waals surface area contributed by atoms with E-state index in [1.807, 2.05) is 13.8 Å². The van der Waals surface area contributed by atoms with Crippen LogP contribution in [-0.4, -0.2) is 43.6 Å². The number of carbonyl (C=O) groups excluding carboxylic acids is 2. The number of fused-ring (bicyclic) bond motifs is 1. The van der Waals surface area contributed by atoms with Crippen molar-refractivity contribution in [2.75, 3.05) is 0 Å². The van der Waals surface area contributed by atoms with E-state index in [1.54, 1.807) is 17.6 Å². The molecular formula is C31H41N3O5. The van der Waals surface area contributed by atoms with E-state index in [-0.39, 0.29) is 39.9 Å². The second kappa shape index (κ2) is 9.36. The minimum atomic E-state index is -0.749. The predicted octanol–water partition coefficient (Wildman–Crippen LogP) is 4.64. The third-order valence-corrected chi connectivity index (χ3v) is 11.0. The quantitative estimate of drug-likeness (QED) is 0.448. The molecule has 1 unspecified atom stereocenters. The van der Waals surface area contributed by atoms with Gasteiger partial charge in [0.25, 0.3) is 0 Å². The summed E-state index contributed by atoms with van der Waals surface area (Å²) in [6.07, 6.45) is 6.56. The number of ether oxygens (including phenoxy) is 1. The van der Waals surface area contributed by atoms with E-state index in [9.17, 15) is 19.5 Å².